The maximum absolute atomic E-state index is 13.1. The Bertz CT molecular complexity index is 1040. The van der Waals surface area contributed by atoms with E-state index in [2.05, 4.69) is 24.1 Å². The van der Waals surface area contributed by atoms with Crippen LogP contribution in [0.5, 0.6) is 5.75 Å². The highest BCUT2D eigenvalue weighted by Crippen LogP contribution is 2.24. The van der Waals surface area contributed by atoms with Crippen molar-refractivity contribution in [1.82, 2.24) is 14.9 Å². The Balaban J connectivity index is 1.85. The summed E-state index contributed by atoms with van der Waals surface area (Å²) in [6.45, 7) is 5.23. The summed E-state index contributed by atoms with van der Waals surface area (Å²) in [7, 11) is 1.61. The largest absolute Gasteiger partial charge is 0.496 e. The van der Waals surface area contributed by atoms with Gasteiger partial charge in [-0.2, -0.15) is 0 Å². The third-order valence-corrected chi connectivity index (χ3v) is 6.30. The molecule has 3 aromatic rings. The van der Waals surface area contributed by atoms with E-state index in [0.717, 1.165) is 12.0 Å². The van der Waals surface area contributed by atoms with E-state index < -0.39 is 0 Å². The Hall–Kier alpha value is -2.32. The number of aromatic nitrogens is 2. The van der Waals surface area contributed by atoms with Gasteiger partial charge in [-0.15, -0.1) is 11.3 Å². The molecule has 0 saturated heterocycles. The summed E-state index contributed by atoms with van der Waals surface area (Å²) in [5.74, 6) is 1.41. The van der Waals surface area contributed by atoms with Crippen molar-refractivity contribution < 1.29 is 9.53 Å². The fraction of sp³-hybridized carbons (Fsp3) is 0.381. The summed E-state index contributed by atoms with van der Waals surface area (Å²) in [5, 5.41) is 5.32. The van der Waals surface area contributed by atoms with E-state index >= 15 is 0 Å². The molecule has 154 valence electrons. The van der Waals surface area contributed by atoms with E-state index in [4.69, 9.17) is 4.74 Å². The van der Waals surface area contributed by atoms with Gasteiger partial charge in [0.1, 0.15) is 10.4 Å². The first-order valence-corrected chi connectivity index (χ1v) is 11.4. The van der Waals surface area contributed by atoms with Crippen LogP contribution in [-0.4, -0.2) is 34.9 Å². The van der Waals surface area contributed by atoms with E-state index in [1.165, 1.54) is 23.1 Å². The minimum Gasteiger partial charge on any atom is -0.496 e. The summed E-state index contributed by atoms with van der Waals surface area (Å²) in [4.78, 5) is 29.9. The zero-order chi connectivity index (χ0) is 20.8. The van der Waals surface area contributed by atoms with Crippen molar-refractivity contribution in [2.45, 2.75) is 32.0 Å². The third kappa shape index (κ3) is 5.39. The van der Waals surface area contributed by atoms with Crippen molar-refractivity contribution in [3.8, 4) is 5.75 Å². The molecule has 8 heteroatoms. The summed E-state index contributed by atoms with van der Waals surface area (Å²) in [6, 6.07) is 9.43. The number of ether oxygens (including phenoxy) is 1. The van der Waals surface area contributed by atoms with Gasteiger partial charge in [0.05, 0.1) is 24.9 Å². The fourth-order valence-electron chi connectivity index (χ4n) is 2.86. The van der Waals surface area contributed by atoms with Crippen molar-refractivity contribution >= 4 is 39.2 Å². The van der Waals surface area contributed by atoms with Crippen LogP contribution in [0.1, 0.15) is 25.8 Å². The lowest BCUT2D eigenvalue weighted by atomic mass is 10.1. The van der Waals surface area contributed by atoms with Gasteiger partial charge in [-0.3, -0.25) is 14.2 Å². The van der Waals surface area contributed by atoms with Crippen molar-refractivity contribution in [2.75, 3.05) is 19.4 Å². The summed E-state index contributed by atoms with van der Waals surface area (Å²) < 4.78 is 7.67. The van der Waals surface area contributed by atoms with Gasteiger partial charge >= 0.3 is 0 Å². The maximum Gasteiger partial charge on any atom is 0.272 e. The second-order valence-corrected chi connectivity index (χ2v) is 8.91. The topological polar surface area (TPSA) is 73.2 Å². The Morgan fingerprint density at radius 2 is 2.10 bits per heavy atom. The number of hydrogen-bond donors (Lipinski definition) is 1. The lowest BCUT2D eigenvalue weighted by Gasteiger charge is -2.14. The molecule has 0 spiro atoms. The van der Waals surface area contributed by atoms with Crippen LogP contribution in [0.2, 0.25) is 0 Å². The summed E-state index contributed by atoms with van der Waals surface area (Å²) >= 11 is 2.66. The lowest BCUT2D eigenvalue weighted by molar-refractivity contribution is -0.118. The molecular weight excluding hydrogens is 406 g/mol. The highest BCUT2D eigenvalue weighted by atomic mass is 32.2. The summed E-state index contributed by atoms with van der Waals surface area (Å²) in [5.41, 5.74) is 1.45. The first-order valence-electron chi connectivity index (χ1n) is 9.49. The second-order valence-electron chi connectivity index (χ2n) is 7.05. The SMILES string of the molecule is COc1ccccc1Cn1c(SCC(=O)NCCC(C)C)nc2ccsc2c1=O. The maximum atomic E-state index is 13.1. The highest BCUT2D eigenvalue weighted by molar-refractivity contribution is 7.99. The molecule has 0 bridgehead atoms. The molecule has 0 saturated carbocycles. The number of benzene rings is 1. The lowest BCUT2D eigenvalue weighted by Crippen LogP contribution is -2.28. The van der Waals surface area contributed by atoms with E-state index in [1.807, 2.05) is 35.7 Å². The number of rotatable bonds is 9. The third-order valence-electron chi connectivity index (χ3n) is 4.43. The predicted molar refractivity (Wildman–Crippen MR) is 119 cm³/mol. The number of fused-ring (bicyclic) bond motifs is 1. The highest BCUT2D eigenvalue weighted by Gasteiger charge is 2.16. The molecule has 6 nitrogen and oxygen atoms in total. The molecule has 0 atom stereocenters. The number of hydrogen-bond acceptors (Lipinski definition) is 6. The smallest absolute Gasteiger partial charge is 0.272 e. The van der Waals surface area contributed by atoms with Crippen LogP contribution < -0.4 is 15.6 Å². The van der Waals surface area contributed by atoms with E-state index in [-0.39, 0.29) is 17.2 Å². The number of para-hydroxylation sites is 1. The zero-order valence-corrected chi connectivity index (χ0v) is 18.4. The number of carbonyl (C=O) groups excluding carboxylic acids is 1. The van der Waals surface area contributed by atoms with Crippen molar-refractivity contribution in [2.24, 2.45) is 5.92 Å². The van der Waals surface area contributed by atoms with E-state index in [0.29, 0.717) is 40.1 Å². The van der Waals surface area contributed by atoms with Crippen LogP contribution in [0.3, 0.4) is 0 Å². The van der Waals surface area contributed by atoms with Crippen LogP contribution in [-0.2, 0) is 11.3 Å². The first-order chi connectivity index (χ1) is 14.0. The molecule has 0 aliphatic carbocycles. The molecule has 1 amide bonds. The molecular formula is C21H25N3O3S2. The number of thiophene rings is 1. The van der Waals surface area contributed by atoms with Crippen molar-refractivity contribution in [3.05, 3.63) is 51.6 Å². The average Bonchev–Trinajstić information content (AvgIpc) is 3.17. The van der Waals surface area contributed by atoms with Gasteiger partial charge in [0.2, 0.25) is 5.91 Å². The Labute approximate surface area is 178 Å². The standard InChI is InChI=1S/C21H25N3O3S2/c1-14(2)8-10-22-18(25)13-29-21-23-16-9-11-28-19(16)20(26)24(21)12-15-6-4-5-7-17(15)27-3/h4-7,9,11,14H,8,10,12-13H2,1-3H3,(H,22,25). The number of nitrogens with zero attached hydrogens (tertiary/aromatic N) is 2. The van der Waals surface area contributed by atoms with Gasteiger partial charge in [-0.05, 0) is 29.9 Å². The molecule has 0 unspecified atom stereocenters. The molecule has 0 aliphatic rings. The predicted octanol–water partition coefficient (Wildman–Crippen LogP) is 3.77. The van der Waals surface area contributed by atoms with Crippen LogP contribution in [0.25, 0.3) is 10.2 Å². The average molecular weight is 432 g/mol. The van der Waals surface area contributed by atoms with Crippen LogP contribution in [0.15, 0.2) is 45.7 Å². The normalized spacial score (nSPS) is 11.2. The van der Waals surface area contributed by atoms with Gasteiger partial charge in [0.15, 0.2) is 5.16 Å². The second kappa shape index (κ2) is 9.93. The monoisotopic (exact) mass is 431 g/mol. The molecule has 0 aliphatic heterocycles. The number of methoxy groups -OCH3 is 1. The van der Waals surface area contributed by atoms with Crippen LogP contribution in [0, 0.1) is 5.92 Å². The molecule has 0 radical (unpaired) electrons. The van der Waals surface area contributed by atoms with Crippen LogP contribution in [0.4, 0.5) is 0 Å². The molecule has 2 aromatic heterocycles. The molecule has 29 heavy (non-hydrogen) atoms. The Morgan fingerprint density at radius 3 is 2.86 bits per heavy atom. The molecule has 3 rings (SSSR count). The number of amides is 1. The van der Waals surface area contributed by atoms with Crippen molar-refractivity contribution in [3.63, 3.8) is 0 Å². The number of thioether (sulfide) groups is 1. The number of carbonyl (C=O) groups is 1. The van der Waals surface area contributed by atoms with Crippen LogP contribution >= 0.6 is 23.1 Å². The van der Waals surface area contributed by atoms with E-state index in [9.17, 15) is 9.59 Å². The molecule has 0 fully saturated rings. The van der Waals surface area contributed by atoms with Gasteiger partial charge in [0.25, 0.3) is 5.56 Å². The molecule has 2 heterocycles. The molecule has 1 aromatic carbocycles. The first kappa shape index (κ1) is 21.4. The van der Waals surface area contributed by atoms with Gasteiger partial charge < -0.3 is 10.1 Å². The van der Waals surface area contributed by atoms with E-state index in [1.54, 1.807) is 11.7 Å². The minimum atomic E-state index is -0.0985. The van der Waals surface area contributed by atoms with Crippen molar-refractivity contribution in [1.29, 1.82) is 0 Å². The summed E-state index contributed by atoms with van der Waals surface area (Å²) in [6.07, 6.45) is 0.939. The molecule has 1 N–H and O–H groups in total. The van der Waals surface area contributed by atoms with Gasteiger partial charge in [-0.1, -0.05) is 43.8 Å². The minimum absolute atomic E-state index is 0.0563. The zero-order valence-electron chi connectivity index (χ0n) is 16.8. The fourth-order valence-corrected chi connectivity index (χ4v) is 4.47. The Kier molecular flexibility index (Phi) is 7.33. The van der Waals surface area contributed by atoms with Gasteiger partial charge in [-0.25, -0.2) is 4.98 Å². The quantitative estimate of drug-likeness (QED) is 0.412. The number of nitrogens with one attached hydrogen (secondary N) is 1. The Morgan fingerprint density at radius 1 is 1.31 bits per heavy atom. The van der Waals surface area contributed by atoms with Gasteiger partial charge in [0, 0.05) is 12.1 Å².